The van der Waals surface area contributed by atoms with Crippen LogP contribution in [0.25, 0.3) is 5.65 Å². The van der Waals surface area contributed by atoms with Crippen molar-refractivity contribution in [2.24, 2.45) is 0 Å². The van der Waals surface area contributed by atoms with E-state index in [4.69, 9.17) is 0 Å². The van der Waals surface area contributed by atoms with Gasteiger partial charge in [0.2, 0.25) is 0 Å². The highest BCUT2D eigenvalue weighted by molar-refractivity contribution is 5.42. The average Bonchev–Trinajstić information content (AvgIpc) is 3.02. The SMILES string of the molecule is Cc1nc2ccccn2c1CNCCCc1cn[nH]c1C. The largest absolute Gasteiger partial charge is 0.311 e. The van der Waals surface area contributed by atoms with Crippen LogP contribution >= 0.6 is 0 Å². The van der Waals surface area contributed by atoms with Crippen LogP contribution in [0.5, 0.6) is 0 Å². The molecule has 0 amide bonds. The van der Waals surface area contributed by atoms with Crippen LogP contribution in [0.3, 0.4) is 0 Å². The number of aromatic nitrogens is 4. The van der Waals surface area contributed by atoms with E-state index < -0.39 is 0 Å². The standard InChI is InChI=1S/C16H21N5/c1-12-14(10-18-20-12)6-5-8-17-11-15-13(2)19-16-7-3-4-9-21(15)16/h3-4,7,9-10,17H,5-6,8,11H2,1-2H3,(H,18,20). The first-order valence-electron chi connectivity index (χ1n) is 7.38. The second-order valence-corrected chi connectivity index (χ2v) is 5.37. The lowest BCUT2D eigenvalue weighted by Gasteiger charge is -2.06. The Morgan fingerprint density at radius 1 is 1.29 bits per heavy atom. The van der Waals surface area contributed by atoms with Gasteiger partial charge in [0.15, 0.2) is 0 Å². The molecule has 0 unspecified atom stereocenters. The van der Waals surface area contributed by atoms with Crippen molar-refractivity contribution >= 4 is 5.65 Å². The van der Waals surface area contributed by atoms with E-state index in [0.717, 1.165) is 37.3 Å². The molecule has 3 aromatic heterocycles. The number of imidazole rings is 1. The van der Waals surface area contributed by atoms with Crippen molar-refractivity contribution in [3.05, 3.63) is 53.2 Å². The Hall–Kier alpha value is -2.14. The third-order valence-electron chi connectivity index (χ3n) is 3.86. The molecule has 0 aromatic carbocycles. The van der Waals surface area contributed by atoms with Crippen molar-refractivity contribution in [3.8, 4) is 0 Å². The fourth-order valence-corrected chi connectivity index (χ4v) is 2.62. The highest BCUT2D eigenvalue weighted by Crippen LogP contribution is 2.11. The van der Waals surface area contributed by atoms with Crippen LogP contribution in [0.1, 0.15) is 29.1 Å². The van der Waals surface area contributed by atoms with Crippen molar-refractivity contribution in [2.75, 3.05) is 6.54 Å². The normalized spacial score (nSPS) is 11.3. The maximum absolute atomic E-state index is 4.57. The van der Waals surface area contributed by atoms with Crippen LogP contribution in [0, 0.1) is 13.8 Å². The molecule has 0 aliphatic heterocycles. The van der Waals surface area contributed by atoms with E-state index in [9.17, 15) is 0 Å². The molecule has 2 N–H and O–H groups in total. The van der Waals surface area contributed by atoms with Crippen LogP contribution in [0.4, 0.5) is 0 Å². The second-order valence-electron chi connectivity index (χ2n) is 5.37. The van der Waals surface area contributed by atoms with Crippen LogP contribution in [-0.2, 0) is 13.0 Å². The van der Waals surface area contributed by atoms with Crippen molar-refractivity contribution in [2.45, 2.75) is 33.2 Å². The van der Waals surface area contributed by atoms with Gasteiger partial charge >= 0.3 is 0 Å². The number of rotatable bonds is 6. The first-order valence-corrected chi connectivity index (χ1v) is 7.38. The van der Waals surface area contributed by atoms with Gasteiger partial charge in [-0.25, -0.2) is 4.98 Å². The molecular formula is C16H21N5. The maximum Gasteiger partial charge on any atom is 0.137 e. The second kappa shape index (κ2) is 6.10. The Bertz CT molecular complexity index is 725. The van der Waals surface area contributed by atoms with Gasteiger partial charge in [-0.15, -0.1) is 0 Å². The number of hydrogen-bond acceptors (Lipinski definition) is 3. The van der Waals surface area contributed by atoms with E-state index in [0.29, 0.717) is 0 Å². The summed E-state index contributed by atoms with van der Waals surface area (Å²) in [6, 6.07) is 6.10. The van der Waals surface area contributed by atoms with Crippen LogP contribution in [0.2, 0.25) is 0 Å². The zero-order valence-electron chi connectivity index (χ0n) is 12.6. The van der Waals surface area contributed by atoms with Crippen molar-refractivity contribution < 1.29 is 0 Å². The van der Waals surface area contributed by atoms with Crippen LogP contribution in [-0.4, -0.2) is 26.1 Å². The average molecular weight is 283 g/mol. The van der Waals surface area contributed by atoms with E-state index in [1.165, 1.54) is 17.0 Å². The fraction of sp³-hybridized carbons (Fsp3) is 0.375. The molecule has 0 bridgehead atoms. The van der Waals surface area contributed by atoms with Gasteiger partial charge in [-0.1, -0.05) is 6.07 Å². The highest BCUT2D eigenvalue weighted by atomic mass is 15.1. The third kappa shape index (κ3) is 2.97. The molecule has 0 atom stereocenters. The monoisotopic (exact) mass is 283 g/mol. The van der Waals surface area contributed by atoms with E-state index in [2.05, 4.69) is 44.9 Å². The molecule has 0 spiro atoms. The molecule has 0 aliphatic carbocycles. The number of nitrogens with zero attached hydrogens (tertiary/aromatic N) is 3. The summed E-state index contributed by atoms with van der Waals surface area (Å²) in [6.45, 7) is 5.97. The van der Waals surface area contributed by atoms with Gasteiger partial charge in [0.25, 0.3) is 0 Å². The number of fused-ring (bicyclic) bond motifs is 1. The molecule has 0 saturated heterocycles. The molecule has 5 heteroatoms. The van der Waals surface area contributed by atoms with E-state index in [-0.39, 0.29) is 0 Å². The summed E-state index contributed by atoms with van der Waals surface area (Å²) < 4.78 is 2.16. The van der Waals surface area contributed by atoms with Gasteiger partial charge in [0.05, 0.1) is 17.6 Å². The Morgan fingerprint density at radius 3 is 3.00 bits per heavy atom. The predicted octanol–water partition coefficient (Wildman–Crippen LogP) is 2.40. The number of H-pyrrole nitrogens is 1. The minimum atomic E-state index is 0.849. The lowest BCUT2D eigenvalue weighted by Crippen LogP contribution is -2.17. The van der Waals surface area contributed by atoms with Crippen molar-refractivity contribution in [1.29, 1.82) is 0 Å². The van der Waals surface area contributed by atoms with Gasteiger partial charge in [0.1, 0.15) is 5.65 Å². The number of nitrogens with one attached hydrogen (secondary N) is 2. The number of aromatic amines is 1. The quantitative estimate of drug-likeness (QED) is 0.683. The minimum Gasteiger partial charge on any atom is -0.311 e. The summed E-state index contributed by atoms with van der Waals surface area (Å²) in [4.78, 5) is 4.57. The summed E-state index contributed by atoms with van der Waals surface area (Å²) in [5.41, 5.74) is 5.83. The molecule has 0 aliphatic rings. The first kappa shape index (κ1) is 13.8. The highest BCUT2D eigenvalue weighted by Gasteiger charge is 2.07. The van der Waals surface area contributed by atoms with Gasteiger partial charge < -0.3 is 9.72 Å². The Morgan fingerprint density at radius 2 is 2.19 bits per heavy atom. The predicted molar refractivity (Wildman–Crippen MR) is 83.3 cm³/mol. The van der Waals surface area contributed by atoms with Crippen LogP contribution < -0.4 is 5.32 Å². The molecule has 5 nitrogen and oxygen atoms in total. The summed E-state index contributed by atoms with van der Waals surface area (Å²) >= 11 is 0. The summed E-state index contributed by atoms with van der Waals surface area (Å²) in [5.74, 6) is 0. The van der Waals surface area contributed by atoms with Crippen molar-refractivity contribution in [3.63, 3.8) is 0 Å². The fourth-order valence-electron chi connectivity index (χ4n) is 2.62. The van der Waals surface area contributed by atoms with Gasteiger partial charge in [-0.05, 0) is 50.9 Å². The van der Waals surface area contributed by atoms with Gasteiger partial charge in [-0.3, -0.25) is 5.10 Å². The Labute approximate surface area is 124 Å². The number of aryl methyl sites for hydroxylation is 3. The third-order valence-corrected chi connectivity index (χ3v) is 3.86. The van der Waals surface area contributed by atoms with E-state index in [1.807, 2.05) is 24.4 Å². The maximum atomic E-state index is 4.57. The zero-order valence-corrected chi connectivity index (χ0v) is 12.6. The minimum absolute atomic E-state index is 0.849. The van der Waals surface area contributed by atoms with Crippen molar-refractivity contribution in [1.82, 2.24) is 24.9 Å². The molecule has 0 saturated carbocycles. The molecular weight excluding hydrogens is 262 g/mol. The molecule has 3 heterocycles. The summed E-state index contributed by atoms with van der Waals surface area (Å²) in [7, 11) is 0. The van der Waals surface area contributed by atoms with E-state index in [1.54, 1.807) is 0 Å². The smallest absolute Gasteiger partial charge is 0.137 e. The molecule has 21 heavy (non-hydrogen) atoms. The van der Waals surface area contributed by atoms with Crippen LogP contribution in [0.15, 0.2) is 30.6 Å². The summed E-state index contributed by atoms with van der Waals surface area (Å²) in [5, 5.41) is 10.5. The zero-order chi connectivity index (χ0) is 14.7. The Balaban J connectivity index is 1.53. The lowest BCUT2D eigenvalue weighted by molar-refractivity contribution is 0.635. The lowest BCUT2D eigenvalue weighted by atomic mass is 10.1. The molecule has 0 radical (unpaired) electrons. The van der Waals surface area contributed by atoms with E-state index >= 15 is 0 Å². The number of hydrogen-bond donors (Lipinski definition) is 2. The topological polar surface area (TPSA) is 58.0 Å². The first-order chi connectivity index (χ1) is 10.3. The van der Waals surface area contributed by atoms with Gasteiger partial charge in [0, 0.05) is 18.4 Å². The molecule has 3 aromatic rings. The Kier molecular flexibility index (Phi) is 4.01. The molecule has 3 rings (SSSR count). The molecule has 0 fully saturated rings. The van der Waals surface area contributed by atoms with Gasteiger partial charge in [-0.2, -0.15) is 5.10 Å². The molecule has 110 valence electrons. The number of pyridine rings is 1. The summed E-state index contributed by atoms with van der Waals surface area (Å²) in [6.07, 6.45) is 6.16.